The molecule has 0 aliphatic heterocycles. The molecule has 0 aliphatic carbocycles. The Morgan fingerprint density at radius 3 is 1.54 bits per heavy atom. The zero-order valence-corrected chi connectivity index (χ0v) is 56.5. The number of nitrogens with zero attached hydrogens (tertiary/aromatic N) is 5. The number of hydrogen-bond acceptors (Lipinski definition) is 13. The van der Waals surface area contributed by atoms with Crippen molar-refractivity contribution in [3.05, 3.63) is 110 Å². The molecule has 0 bridgehead atoms. The second-order valence-electron chi connectivity index (χ2n) is 25.6. The molecule has 0 amide bonds. The lowest BCUT2D eigenvalue weighted by Gasteiger charge is -2.47. The van der Waals surface area contributed by atoms with Crippen molar-refractivity contribution < 1.29 is 24.6 Å². The lowest BCUT2D eigenvalue weighted by Crippen LogP contribution is -2.87. The minimum Gasteiger partial charge on any atom is -0.399 e. The molecule has 2 aromatic carbocycles. The average molecular weight is 1160 g/mol. The largest absolute Gasteiger partial charge is 0.421 e. The van der Waals surface area contributed by atoms with Crippen molar-refractivity contribution in [2.24, 2.45) is 59.1 Å². The second kappa shape index (κ2) is 38.0. The number of rotatable bonds is 27. The summed E-state index contributed by atoms with van der Waals surface area (Å²) in [4.78, 5) is 2.00. The number of azo groups is 1. The summed E-state index contributed by atoms with van der Waals surface area (Å²) in [5.74, 6) is 6.45. The molecule has 0 radical (unpaired) electrons. The summed E-state index contributed by atoms with van der Waals surface area (Å²) in [6.45, 7) is 49.1. The molecule has 0 saturated carbocycles. The minimum atomic E-state index is -0.848. The van der Waals surface area contributed by atoms with Crippen molar-refractivity contribution in [2.75, 3.05) is 71.2 Å². The van der Waals surface area contributed by atoms with Crippen molar-refractivity contribution in [2.45, 2.75) is 177 Å². The Morgan fingerprint density at radius 2 is 1.19 bits per heavy atom. The predicted octanol–water partition coefficient (Wildman–Crippen LogP) is 12.1. The molecule has 3 unspecified atom stereocenters. The maximum absolute atomic E-state index is 11.2. The Morgan fingerprint density at radius 1 is 0.778 bits per heavy atom. The van der Waals surface area contributed by atoms with Crippen LogP contribution in [0.15, 0.2) is 121 Å². The van der Waals surface area contributed by atoms with Crippen molar-refractivity contribution in [3.8, 4) is 0 Å². The van der Waals surface area contributed by atoms with Crippen LogP contribution >= 0.6 is 11.6 Å². The van der Waals surface area contributed by atoms with Crippen molar-refractivity contribution in [1.29, 1.82) is 0 Å². The van der Waals surface area contributed by atoms with E-state index in [4.69, 9.17) is 26.8 Å². The van der Waals surface area contributed by atoms with E-state index in [-0.39, 0.29) is 33.9 Å². The van der Waals surface area contributed by atoms with Gasteiger partial charge in [0.05, 0.1) is 63.6 Å². The van der Waals surface area contributed by atoms with Gasteiger partial charge in [-0.15, -0.1) is 11.6 Å². The fraction of sp³-hybridized carbons (Fsp3) is 0.641. The number of ether oxygens (including phenoxy) is 2. The first kappa shape index (κ1) is 80.3. The molecule has 13 N–H and O–H groups in total. The van der Waals surface area contributed by atoms with Gasteiger partial charge in [-0.3, -0.25) is 5.43 Å². The van der Waals surface area contributed by atoms with E-state index in [9.17, 15) is 5.11 Å². The summed E-state index contributed by atoms with van der Waals surface area (Å²) in [6.07, 6.45) is 13.7. The highest BCUT2D eigenvalue weighted by atomic mass is 35.5. The second-order valence-corrected chi connectivity index (χ2v) is 25.6. The third-order valence-corrected chi connectivity index (χ3v) is 13.8. The monoisotopic (exact) mass is 1160 g/mol. The van der Waals surface area contributed by atoms with Crippen LogP contribution in [0.3, 0.4) is 0 Å². The third-order valence-electron chi connectivity index (χ3n) is 13.8. The predicted molar refractivity (Wildman–Crippen MR) is 351 cm³/mol. The van der Waals surface area contributed by atoms with Crippen LogP contribution in [0.5, 0.6) is 0 Å². The molecular weight excluding hydrogens is 1030 g/mol. The van der Waals surface area contributed by atoms with E-state index in [1.807, 2.05) is 137 Å². The molecule has 466 valence electrons. The zero-order valence-electron chi connectivity index (χ0n) is 55.8. The summed E-state index contributed by atoms with van der Waals surface area (Å²) < 4.78 is 17.4. The molecule has 17 heteroatoms. The molecule has 0 spiro atoms. The van der Waals surface area contributed by atoms with Crippen LogP contribution in [0.4, 0.5) is 28.7 Å². The SMILES string of the molecule is C=C(N)/C=C\C(=C)NC(C)(C)C(C)COC(C)(C)CC(CC)(CC(C)(C)O)CC(C)(C)OCC(C)C(C)(C)Nc1ccc(N=Nc2n(C)cc[n+]2C)cc1.C=CNC.CC(C)C(C)(C)Nc1ccc(N)cc1.CCl.CN(C)C.C[NH2+]N. The number of nitrogens with one attached hydrogen (secondary N) is 4. The van der Waals surface area contributed by atoms with Gasteiger partial charge in [0.25, 0.3) is 0 Å². The Kier molecular flexibility index (Phi) is 37.7. The van der Waals surface area contributed by atoms with Crippen LogP contribution in [-0.2, 0) is 23.6 Å². The zero-order chi connectivity index (χ0) is 63.8. The van der Waals surface area contributed by atoms with Gasteiger partial charge in [-0.25, -0.2) is 9.13 Å². The Labute approximate surface area is 500 Å². The summed E-state index contributed by atoms with van der Waals surface area (Å²) >= 11 is 4.64. The standard InChI is InChI=1S/C44H75N7O3.C12H20N2.C3H9N.C3H7N.CH3Cl.CH6N2/c1-18-44(29-39(6,7)52,30-40(8,9)53-27-32(2)42(12,13)46-35(5)20-19-34(4)45)31-41(10,11)54-28-33(3)43(14,15)47-36-21-23-37(24-22-36)48-49-38-50(16)25-26-51(38)17;1-9(2)12(3,4)14-11-7-5-10(13)6-8-11;1-4(2)3;1-3-4-2;1-2;1-3-2/h19-26,32-33,46,52H,4-5,18,27-31,45H2,1-3,6-17H3;5-9,14H,13H2,1-4H3;1-3H3;3-4H,1H2,2H3;1H3;3H,2H2,1H3/p+2/b20-19-;;;;;. The van der Waals surface area contributed by atoms with Gasteiger partial charge in [0.15, 0.2) is 0 Å². The number of aryl methyl sites for hydroxylation is 2. The normalized spacial score (nSPS) is 13.5. The molecule has 1 heterocycles. The smallest absolute Gasteiger partial charge is 0.399 e. The van der Waals surface area contributed by atoms with Gasteiger partial charge in [-0.2, -0.15) is 5.84 Å². The first-order valence-corrected chi connectivity index (χ1v) is 29.1. The van der Waals surface area contributed by atoms with Crippen LogP contribution in [0.25, 0.3) is 0 Å². The third kappa shape index (κ3) is 36.3. The van der Waals surface area contributed by atoms with Crippen LogP contribution in [-0.4, -0.2) is 103 Å². The van der Waals surface area contributed by atoms with Gasteiger partial charge in [0, 0.05) is 75.5 Å². The van der Waals surface area contributed by atoms with Crippen molar-refractivity contribution in [3.63, 3.8) is 0 Å². The molecule has 0 fully saturated rings. The van der Waals surface area contributed by atoms with Crippen LogP contribution < -0.4 is 48.6 Å². The molecule has 0 aliphatic rings. The van der Waals surface area contributed by atoms with Gasteiger partial charge in [0.2, 0.25) is 0 Å². The van der Waals surface area contributed by atoms with Crippen LogP contribution in [0.1, 0.15) is 143 Å². The first-order valence-electron chi connectivity index (χ1n) is 28.4. The topological polar surface area (TPSA) is 218 Å². The number of aromatic nitrogens is 2. The summed E-state index contributed by atoms with van der Waals surface area (Å²) in [7, 11) is 13.5. The number of imidazole rings is 1. The highest BCUT2D eigenvalue weighted by molar-refractivity contribution is 6.15. The molecule has 3 rings (SSSR count). The number of nitrogen functional groups attached to an aromatic ring is 1. The summed E-state index contributed by atoms with van der Waals surface area (Å²) in [6, 6.07) is 15.9. The molecule has 16 nitrogen and oxygen atoms in total. The number of nitrogens with two attached hydrogens (primary N) is 4. The number of aliphatic hydroxyl groups is 1. The molecule has 81 heavy (non-hydrogen) atoms. The van der Waals surface area contributed by atoms with Gasteiger partial charge in [0.1, 0.15) is 5.69 Å². The van der Waals surface area contributed by atoms with Gasteiger partial charge >= 0.3 is 5.95 Å². The van der Waals surface area contributed by atoms with Crippen molar-refractivity contribution >= 4 is 40.3 Å². The Bertz CT molecular complexity index is 2220. The van der Waals surface area contributed by atoms with E-state index >= 15 is 0 Å². The lowest BCUT2D eigenvalue weighted by atomic mass is 9.65. The van der Waals surface area contributed by atoms with Crippen molar-refractivity contribution in [1.82, 2.24) is 20.1 Å². The Hall–Kier alpha value is -4.94. The number of benzene rings is 2. The maximum Gasteiger partial charge on any atom is 0.421 e. The van der Waals surface area contributed by atoms with E-state index in [1.165, 1.54) is 11.8 Å². The van der Waals surface area contributed by atoms with E-state index in [0.717, 1.165) is 53.7 Å². The highest BCUT2D eigenvalue weighted by Crippen LogP contribution is 2.47. The average Bonchev–Trinajstić information content (AvgIpc) is 3.67. The summed E-state index contributed by atoms with van der Waals surface area (Å²) in [5, 5.41) is 33.4. The first-order chi connectivity index (χ1) is 37.1. The van der Waals surface area contributed by atoms with Crippen LogP contribution in [0, 0.1) is 23.2 Å². The molecule has 3 aromatic rings. The van der Waals surface area contributed by atoms with E-state index in [0.29, 0.717) is 31.2 Å². The number of alkyl halides is 1. The van der Waals surface area contributed by atoms with E-state index in [1.54, 1.807) is 19.3 Å². The highest BCUT2D eigenvalue weighted by Gasteiger charge is 2.44. The fourth-order valence-corrected chi connectivity index (χ4v) is 8.31. The fourth-order valence-electron chi connectivity index (χ4n) is 8.31. The molecule has 0 saturated heterocycles. The quantitative estimate of drug-likeness (QED) is 0.00665. The molecule has 1 aromatic heterocycles. The molecular formula is C64H122ClN13O3+2. The number of anilines is 3. The number of allylic oxidation sites excluding steroid dienone is 2. The number of halogens is 1. The summed E-state index contributed by atoms with van der Waals surface area (Å²) in [5.41, 5.74) is 15.4. The number of hydrogen-bond donors (Lipinski definition) is 9. The lowest BCUT2D eigenvalue weighted by molar-refractivity contribution is -0.657. The van der Waals surface area contributed by atoms with E-state index < -0.39 is 16.8 Å². The Balaban J connectivity index is -0.00000184. The number of quaternary nitrogens is 1. The van der Waals surface area contributed by atoms with Gasteiger partial charge in [-0.1, -0.05) is 65.9 Å². The maximum atomic E-state index is 11.2. The van der Waals surface area contributed by atoms with Crippen LogP contribution in [0.2, 0.25) is 0 Å². The van der Waals surface area contributed by atoms with Gasteiger partial charge in [-0.05, 0) is 202 Å². The van der Waals surface area contributed by atoms with E-state index in [2.05, 4.69) is 167 Å². The minimum absolute atomic E-state index is 0.107. The molecule has 3 atom stereocenters. The van der Waals surface area contributed by atoms with Gasteiger partial charge < -0.3 is 52.2 Å².